The van der Waals surface area contributed by atoms with Crippen molar-refractivity contribution in [3.63, 3.8) is 0 Å². The second-order valence-electron chi connectivity index (χ2n) is 8.05. The molecule has 1 aromatic carbocycles. The molecule has 0 saturated carbocycles. The van der Waals surface area contributed by atoms with Crippen LogP contribution in [-0.2, 0) is 16.1 Å². The topological polar surface area (TPSA) is 65.0 Å². The summed E-state index contributed by atoms with van der Waals surface area (Å²) in [4.78, 5) is 16.7. The highest BCUT2D eigenvalue weighted by Gasteiger charge is 2.35. The van der Waals surface area contributed by atoms with E-state index in [1.807, 2.05) is 12.1 Å². The number of aryl methyl sites for hydroxylation is 1. The van der Waals surface area contributed by atoms with Crippen LogP contribution in [0.2, 0.25) is 0 Å². The second-order valence-corrected chi connectivity index (χ2v) is 8.05. The van der Waals surface area contributed by atoms with E-state index in [1.165, 1.54) is 18.4 Å². The molecule has 6 heteroatoms. The number of carbonyl (C=O) groups excluding carboxylic acids is 1. The Morgan fingerprint density at radius 1 is 1.19 bits per heavy atom. The summed E-state index contributed by atoms with van der Waals surface area (Å²) in [6.45, 7) is 8.33. The lowest BCUT2D eigenvalue weighted by atomic mass is 10.0. The molecule has 0 aromatic heterocycles. The maximum atomic E-state index is 12.2. The van der Waals surface area contributed by atoms with Gasteiger partial charge in [0, 0.05) is 39.1 Å². The molecule has 0 spiro atoms. The number of nitrogens with one attached hydrogen (secondary N) is 1. The number of ether oxygens (including phenoxy) is 1. The minimum absolute atomic E-state index is 0.0452. The van der Waals surface area contributed by atoms with Gasteiger partial charge < -0.3 is 20.1 Å². The van der Waals surface area contributed by atoms with E-state index in [0.29, 0.717) is 45.8 Å². The van der Waals surface area contributed by atoms with Crippen molar-refractivity contribution in [2.24, 2.45) is 0 Å². The number of likely N-dealkylation sites (tertiary alicyclic amines) is 1. The van der Waals surface area contributed by atoms with Crippen LogP contribution in [0.3, 0.4) is 0 Å². The lowest BCUT2D eigenvalue weighted by Crippen LogP contribution is -2.52. The lowest BCUT2D eigenvalue weighted by molar-refractivity contribution is -0.121. The Morgan fingerprint density at radius 2 is 1.93 bits per heavy atom. The zero-order chi connectivity index (χ0) is 19.1. The molecule has 2 aliphatic heterocycles. The molecule has 2 saturated heterocycles. The molecule has 150 valence electrons. The third kappa shape index (κ3) is 6.57. The number of amides is 1. The number of aliphatic hydroxyl groups is 1. The van der Waals surface area contributed by atoms with Crippen molar-refractivity contribution < 1.29 is 14.6 Å². The number of nitrogens with zero attached hydrogens (tertiary/aromatic N) is 2. The summed E-state index contributed by atoms with van der Waals surface area (Å²) in [7, 11) is 0. The van der Waals surface area contributed by atoms with E-state index in [9.17, 15) is 9.90 Å². The lowest BCUT2D eigenvalue weighted by Gasteiger charge is -2.34. The Labute approximate surface area is 162 Å². The number of benzene rings is 1. The highest BCUT2D eigenvalue weighted by molar-refractivity contribution is 5.76. The number of hydrogen-bond acceptors (Lipinski definition) is 5. The molecule has 1 aromatic rings. The Hall–Kier alpha value is -1.47. The van der Waals surface area contributed by atoms with Gasteiger partial charge in [0.1, 0.15) is 5.60 Å². The summed E-state index contributed by atoms with van der Waals surface area (Å²) >= 11 is 0. The van der Waals surface area contributed by atoms with Crippen LogP contribution in [0, 0.1) is 6.92 Å². The standard InChI is InChI=1S/C21H33N3O3/c1-18-4-6-19(7-5-18)14-22-20(25)8-11-24-12-13-27-17-21(26,16-24)15-23-9-2-3-10-23/h4-7,26H,2-3,8-17H2,1H3,(H,22,25). The summed E-state index contributed by atoms with van der Waals surface area (Å²) in [5, 5.41) is 14.0. The first-order valence-electron chi connectivity index (χ1n) is 10.1. The van der Waals surface area contributed by atoms with E-state index < -0.39 is 5.60 Å². The molecular weight excluding hydrogens is 342 g/mol. The zero-order valence-corrected chi connectivity index (χ0v) is 16.5. The van der Waals surface area contributed by atoms with Crippen molar-refractivity contribution in [2.75, 3.05) is 52.5 Å². The predicted octanol–water partition coefficient (Wildman–Crippen LogP) is 1.16. The number of β-amino-alcohol motifs (C(OH)–C–C–N with tert-alkyl or cyclic N) is 1. The van der Waals surface area contributed by atoms with Gasteiger partial charge in [0.25, 0.3) is 0 Å². The van der Waals surface area contributed by atoms with Crippen LogP contribution in [0.4, 0.5) is 0 Å². The molecule has 0 radical (unpaired) electrons. The van der Waals surface area contributed by atoms with Crippen molar-refractivity contribution in [1.82, 2.24) is 15.1 Å². The maximum Gasteiger partial charge on any atom is 0.221 e. The van der Waals surface area contributed by atoms with Crippen LogP contribution in [0.15, 0.2) is 24.3 Å². The van der Waals surface area contributed by atoms with E-state index in [1.54, 1.807) is 0 Å². The third-order valence-corrected chi connectivity index (χ3v) is 5.42. The molecule has 1 unspecified atom stereocenters. The van der Waals surface area contributed by atoms with Crippen LogP contribution >= 0.6 is 0 Å². The van der Waals surface area contributed by atoms with Crippen molar-refractivity contribution in [1.29, 1.82) is 0 Å². The molecule has 1 amide bonds. The third-order valence-electron chi connectivity index (χ3n) is 5.42. The van der Waals surface area contributed by atoms with E-state index in [0.717, 1.165) is 25.2 Å². The molecule has 1 atom stereocenters. The maximum absolute atomic E-state index is 12.2. The van der Waals surface area contributed by atoms with Gasteiger partial charge in [-0.1, -0.05) is 29.8 Å². The first-order chi connectivity index (χ1) is 13.0. The quantitative estimate of drug-likeness (QED) is 0.749. The van der Waals surface area contributed by atoms with E-state index >= 15 is 0 Å². The SMILES string of the molecule is Cc1ccc(CNC(=O)CCN2CCOCC(O)(CN3CCCC3)C2)cc1. The largest absolute Gasteiger partial charge is 0.385 e. The molecule has 2 heterocycles. The normalized spacial score (nSPS) is 24.7. The van der Waals surface area contributed by atoms with Gasteiger partial charge in [0.15, 0.2) is 0 Å². The van der Waals surface area contributed by atoms with Crippen molar-refractivity contribution in [2.45, 2.75) is 38.3 Å². The summed E-state index contributed by atoms with van der Waals surface area (Å²) in [6.07, 6.45) is 2.86. The van der Waals surface area contributed by atoms with Crippen molar-refractivity contribution >= 4 is 5.91 Å². The molecule has 0 bridgehead atoms. The molecule has 6 nitrogen and oxygen atoms in total. The van der Waals surface area contributed by atoms with Crippen LogP contribution < -0.4 is 5.32 Å². The van der Waals surface area contributed by atoms with Crippen LogP contribution in [0.1, 0.15) is 30.4 Å². The summed E-state index contributed by atoms with van der Waals surface area (Å²) in [5.41, 5.74) is 1.48. The zero-order valence-electron chi connectivity index (χ0n) is 16.5. The molecule has 2 fully saturated rings. The van der Waals surface area contributed by atoms with Gasteiger partial charge >= 0.3 is 0 Å². The Morgan fingerprint density at radius 3 is 2.67 bits per heavy atom. The van der Waals surface area contributed by atoms with Crippen LogP contribution in [-0.4, -0.2) is 78.9 Å². The van der Waals surface area contributed by atoms with E-state index in [2.05, 4.69) is 34.2 Å². The summed E-state index contributed by atoms with van der Waals surface area (Å²) in [5.74, 6) is 0.0452. The van der Waals surface area contributed by atoms with Gasteiger partial charge in [-0.2, -0.15) is 0 Å². The van der Waals surface area contributed by atoms with E-state index in [4.69, 9.17) is 4.74 Å². The van der Waals surface area contributed by atoms with Gasteiger partial charge in [-0.3, -0.25) is 9.69 Å². The fraction of sp³-hybridized carbons (Fsp3) is 0.667. The predicted molar refractivity (Wildman–Crippen MR) is 106 cm³/mol. The molecule has 2 aliphatic rings. The first kappa shape index (κ1) is 20.3. The summed E-state index contributed by atoms with van der Waals surface area (Å²) in [6, 6.07) is 8.19. The van der Waals surface area contributed by atoms with Gasteiger partial charge in [-0.25, -0.2) is 0 Å². The number of carbonyl (C=O) groups is 1. The fourth-order valence-electron chi connectivity index (χ4n) is 3.89. The smallest absolute Gasteiger partial charge is 0.221 e. The van der Waals surface area contributed by atoms with Gasteiger partial charge in [0.2, 0.25) is 5.91 Å². The fourth-order valence-corrected chi connectivity index (χ4v) is 3.89. The van der Waals surface area contributed by atoms with Crippen LogP contribution in [0.5, 0.6) is 0 Å². The molecule has 27 heavy (non-hydrogen) atoms. The minimum atomic E-state index is -0.848. The van der Waals surface area contributed by atoms with Crippen LogP contribution in [0.25, 0.3) is 0 Å². The Balaban J connectivity index is 1.42. The average Bonchev–Trinajstić information content (AvgIpc) is 3.07. The number of hydrogen-bond donors (Lipinski definition) is 2. The highest BCUT2D eigenvalue weighted by atomic mass is 16.5. The molecule has 0 aliphatic carbocycles. The summed E-state index contributed by atoms with van der Waals surface area (Å²) < 4.78 is 5.65. The molecular formula is C21H33N3O3. The van der Waals surface area contributed by atoms with Gasteiger partial charge in [0.05, 0.1) is 13.2 Å². The van der Waals surface area contributed by atoms with Gasteiger partial charge in [-0.05, 0) is 38.4 Å². The monoisotopic (exact) mass is 375 g/mol. The second kappa shape index (κ2) is 9.64. The molecule has 2 N–H and O–H groups in total. The average molecular weight is 376 g/mol. The van der Waals surface area contributed by atoms with Crippen molar-refractivity contribution in [3.8, 4) is 0 Å². The highest BCUT2D eigenvalue weighted by Crippen LogP contribution is 2.18. The Kier molecular flexibility index (Phi) is 7.24. The first-order valence-corrected chi connectivity index (χ1v) is 10.1. The number of rotatable bonds is 7. The Bertz CT molecular complexity index is 601. The molecule has 3 rings (SSSR count). The van der Waals surface area contributed by atoms with Crippen molar-refractivity contribution in [3.05, 3.63) is 35.4 Å². The van der Waals surface area contributed by atoms with Gasteiger partial charge in [-0.15, -0.1) is 0 Å². The van der Waals surface area contributed by atoms with E-state index in [-0.39, 0.29) is 5.91 Å². The minimum Gasteiger partial charge on any atom is -0.385 e.